The van der Waals surface area contributed by atoms with Gasteiger partial charge in [0.25, 0.3) is 0 Å². The van der Waals surface area contributed by atoms with Crippen LogP contribution in [0.15, 0.2) is 0 Å². The molecule has 0 aromatic heterocycles. The van der Waals surface area contributed by atoms with Gasteiger partial charge in [-0.25, -0.2) is 0 Å². The highest BCUT2D eigenvalue weighted by Gasteiger charge is 2.12. The zero-order valence-corrected chi connectivity index (χ0v) is 8.96. The molecule has 1 aliphatic rings. The molecule has 0 saturated carbocycles. The van der Waals surface area contributed by atoms with Crippen LogP contribution < -0.4 is 5.32 Å². The van der Waals surface area contributed by atoms with Crippen LogP contribution in [0.2, 0.25) is 0 Å². The second-order valence-electron chi connectivity index (χ2n) is 3.44. The Morgan fingerprint density at radius 1 is 1.21 bits per heavy atom. The highest BCUT2D eigenvalue weighted by atomic mass is 16.5. The fourth-order valence-corrected chi connectivity index (χ4v) is 1.48. The maximum absolute atomic E-state index is 5.63. The first-order chi connectivity index (χ1) is 6.93. The average Bonchev–Trinajstić information content (AvgIpc) is 2.25. The Balaban J connectivity index is 1.82. The minimum absolute atomic E-state index is 0.384. The molecule has 4 heteroatoms. The first-order valence-electron chi connectivity index (χ1n) is 5.32. The predicted octanol–water partition coefficient (Wildman–Crippen LogP) is 0.418. The molecule has 1 aliphatic heterocycles. The number of ether oxygens (including phenoxy) is 3. The number of methoxy groups -OCH3 is 1. The van der Waals surface area contributed by atoms with Gasteiger partial charge >= 0.3 is 0 Å². The summed E-state index contributed by atoms with van der Waals surface area (Å²) >= 11 is 0. The Labute approximate surface area is 85.9 Å². The SMILES string of the molecule is COCCOCCOC1CCCNC1. The van der Waals surface area contributed by atoms with Crippen molar-refractivity contribution >= 4 is 0 Å². The molecule has 1 fully saturated rings. The number of rotatable bonds is 7. The van der Waals surface area contributed by atoms with Crippen molar-refractivity contribution in [2.75, 3.05) is 46.6 Å². The largest absolute Gasteiger partial charge is 0.382 e. The summed E-state index contributed by atoms with van der Waals surface area (Å²) < 4.78 is 15.8. The van der Waals surface area contributed by atoms with Crippen molar-refractivity contribution in [3.05, 3.63) is 0 Å². The van der Waals surface area contributed by atoms with Crippen LogP contribution in [0.5, 0.6) is 0 Å². The molecular formula is C10H21NO3. The third-order valence-corrected chi connectivity index (χ3v) is 2.26. The van der Waals surface area contributed by atoms with Crippen molar-refractivity contribution in [1.29, 1.82) is 0 Å². The van der Waals surface area contributed by atoms with E-state index in [2.05, 4.69) is 5.32 Å². The van der Waals surface area contributed by atoms with Crippen LogP contribution in [-0.2, 0) is 14.2 Å². The molecule has 0 amide bonds. The number of nitrogens with one attached hydrogen (secondary N) is 1. The maximum atomic E-state index is 5.63. The van der Waals surface area contributed by atoms with E-state index in [0.717, 1.165) is 13.1 Å². The Morgan fingerprint density at radius 3 is 2.79 bits per heavy atom. The van der Waals surface area contributed by atoms with Gasteiger partial charge in [0.2, 0.25) is 0 Å². The molecule has 1 heterocycles. The fourth-order valence-electron chi connectivity index (χ4n) is 1.48. The molecule has 0 radical (unpaired) electrons. The summed E-state index contributed by atoms with van der Waals surface area (Å²) in [6.07, 6.45) is 2.77. The second-order valence-corrected chi connectivity index (χ2v) is 3.44. The maximum Gasteiger partial charge on any atom is 0.0704 e. The number of hydrogen-bond acceptors (Lipinski definition) is 4. The van der Waals surface area contributed by atoms with Crippen LogP contribution in [0, 0.1) is 0 Å². The van der Waals surface area contributed by atoms with Gasteiger partial charge in [-0.15, -0.1) is 0 Å². The van der Waals surface area contributed by atoms with Crippen molar-refractivity contribution in [1.82, 2.24) is 5.32 Å². The average molecular weight is 203 g/mol. The molecule has 0 aliphatic carbocycles. The first-order valence-corrected chi connectivity index (χ1v) is 5.32. The smallest absolute Gasteiger partial charge is 0.0704 e. The lowest BCUT2D eigenvalue weighted by atomic mass is 10.1. The summed E-state index contributed by atoms with van der Waals surface area (Å²) in [5.41, 5.74) is 0. The van der Waals surface area contributed by atoms with Crippen molar-refractivity contribution in [2.45, 2.75) is 18.9 Å². The van der Waals surface area contributed by atoms with Crippen molar-refractivity contribution in [2.24, 2.45) is 0 Å². The Kier molecular flexibility index (Phi) is 6.95. The molecule has 1 unspecified atom stereocenters. The van der Waals surface area contributed by atoms with E-state index < -0.39 is 0 Å². The van der Waals surface area contributed by atoms with Gasteiger partial charge in [0.05, 0.1) is 32.5 Å². The lowest BCUT2D eigenvalue weighted by Gasteiger charge is -2.22. The van der Waals surface area contributed by atoms with E-state index in [1.54, 1.807) is 7.11 Å². The molecular weight excluding hydrogens is 182 g/mol. The van der Waals surface area contributed by atoms with Gasteiger partial charge in [0, 0.05) is 13.7 Å². The van der Waals surface area contributed by atoms with Crippen LogP contribution in [0.4, 0.5) is 0 Å². The van der Waals surface area contributed by atoms with Crippen LogP contribution in [-0.4, -0.2) is 52.7 Å². The van der Waals surface area contributed by atoms with Crippen molar-refractivity contribution in [3.63, 3.8) is 0 Å². The van der Waals surface area contributed by atoms with Gasteiger partial charge in [0.1, 0.15) is 0 Å². The molecule has 1 saturated heterocycles. The fraction of sp³-hybridized carbons (Fsp3) is 1.00. The van der Waals surface area contributed by atoms with Gasteiger partial charge in [-0.2, -0.15) is 0 Å². The second kappa shape index (κ2) is 8.17. The van der Waals surface area contributed by atoms with Crippen molar-refractivity contribution in [3.8, 4) is 0 Å². The summed E-state index contributed by atoms with van der Waals surface area (Å²) in [7, 11) is 1.67. The zero-order chi connectivity index (χ0) is 10.1. The van der Waals surface area contributed by atoms with Gasteiger partial charge < -0.3 is 19.5 Å². The molecule has 84 valence electrons. The normalized spacial score (nSPS) is 22.5. The molecule has 4 nitrogen and oxygen atoms in total. The van der Waals surface area contributed by atoms with E-state index in [1.165, 1.54) is 12.8 Å². The van der Waals surface area contributed by atoms with E-state index in [0.29, 0.717) is 32.5 Å². The molecule has 1 rings (SSSR count). The van der Waals surface area contributed by atoms with Crippen LogP contribution in [0.1, 0.15) is 12.8 Å². The summed E-state index contributed by atoms with van der Waals surface area (Å²) in [5.74, 6) is 0. The summed E-state index contributed by atoms with van der Waals surface area (Å²) in [6.45, 7) is 4.78. The highest BCUT2D eigenvalue weighted by molar-refractivity contribution is 4.68. The van der Waals surface area contributed by atoms with Crippen molar-refractivity contribution < 1.29 is 14.2 Å². The quantitative estimate of drug-likeness (QED) is 0.609. The molecule has 14 heavy (non-hydrogen) atoms. The summed E-state index contributed by atoms with van der Waals surface area (Å²) in [4.78, 5) is 0. The van der Waals surface area contributed by atoms with E-state index in [9.17, 15) is 0 Å². The predicted molar refractivity (Wildman–Crippen MR) is 54.5 cm³/mol. The topological polar surface area (TPSA) is 39.7 Å². The monoisotopic (exact) mass is 203 g/mol. The van der Waals surface area contributed by atoms with Crippen LogP contribution in [0.3, 0.4) is 0 Å². The first kappa shape index (κ1) is 11.9. The summed E-state index contributed by atoms with van der Waals surface area (Å²) in [5, 5.41) is 3.31. The molecule has 0 bridgehead atoms. The Morgan fingerprint density at radius 2 is 2.07 bits per heavy atom. The molecule has 0 aromatic rings. The van der Waals surface area contributed by atoms with Crippen LogP contribution in [0.25, 0.3) is 0 Å². The van der Waals surface area contributed by atoms with E-state index in [1.807, 2.05) is 0 Å². The highest BCUT2D eigenvalue weighted by Crippen LogP contribution is 2.05. The number of hydrogen-bond donors (Lipinski definition) is 1. The Bertz CT molecular complexity index is 127. The van der Waals surface area contributed by atoms with E-state index >= 15 is 0 Å². The standard InChI is InChI=1S/C10H21NO3/c1-12-5-6-13-7-8-14-10-3-2-4-11-9-10/h10-11H,2-9H2,1H3. The number of piperidine rings is 1. The van der Waals surface area contributed by atoms with Gasteiger partial charge in [-0.3, -0.25) is 0 Å². The lowest BCUT2D eigenvalue weighted by Crippen LogP contribution is -2.35. The van der Waals surface area contributed by atoms with E-state index in [4.69, 9.17) is 14.2 Å². The summed E-state index contributed by atoms with van der Waals surface area (Å²) in [6, 6.07) is 0. The van der Waals surface area contributed by atoms with E-state index in [-0.39, 0.29) is 0 Å². The zero-order valence-electron chi connectivity index (χ0n) is 8.96. The minimum Gasteiger partial charge on any atom is -0.382 e. The third-order valence-electron chi connectivity index (χ3n) is 2.26. The van der Waals surface area contributed by atoms with Gasteiger partial charge in [0.15, 0.2) is 0 Å². The third kappa shape index (κ3) is 5.54. The molecule has 0 aromatic carbocycles. The molecule has 1 N–H and O–H groups in total. The Hall–Kier alpha value is -0.160. The molecule has 1 atom stereocenters. The van der Waals surface area contributed by atoms with Crippen LogP contribution >= 0.6 is 0 Å². The molecule has 0 spiro atoms. The lowest BCUT2D eigenvalue weighted by molar-refractivity contribution is -0.0134. The minimum atomic E-state index is 0.384. The van der Waals surface area contributed by atoms with Gasteiger partial charge in [-0.1, -0.05) is 0 Å². The van der Waals surface area contributed by atoms with Gasteiger partial charge in [-0.05, 0) is 19.4 Å².